The molecule has 0 unspecified atom stereocenters. The van der Waals surface area contributed by atoms with Crippen molar-refractivity contribution in [3.05, 3.63) is 64.7 Å². The van der Waals surface area contributed by atoms with Gasteiger partial charge in [-0.15, -0.1) is 0 Å². The fourth-order valence-electron chi connectivity index (χ4n) is 3.05. The van der Waals surface area contributed by atoms with Gasteiger partial charge in [0, 0.05) is 30.9 Å². The first-order chi connectivity index (χ1) is 11.5. The van der Waals surface area contributed by atoms with Crippen LogP contribution in [0.15, 0.2) is 42.6 Å². The molecule has 2 N–H and O–H groups in total. The van der Waals surface area contributed by atoms with E-state index in [-0.39, 0.29) is 29.6 Å². The molecule has 0 spiro atoms. The Morgan fingerprint density at radius 2 is 2.21 bits per heavy atom. The Hall–Kier alpha value is -1.98. The van der Waals surface area contributed by atoms with Gasteiger partial charge in [-0.2, -0.15) is 0 Å². The molecule has 1 saturated heterocycles. The summed E-state index contributed by atoms with van der Waals surface area (Å²) in [7, 11) is 0. The third-order valence-corrected chi connectivity index (χ3v) is 4.61. The van der Waals surface area contributed by atoms with Crippen molar-refractivity contribution in [2.24, 2.45) is 5.92 Å². The highest BCUT2D eigenvalue weighted by atomic mass is 35.5. The molecule has 2 heterocycles. The molecule has 3 atom stereocenters. The molecule has 0 saturated carbocycles. The number of pyridine rings is 1. The van der Waals surface area contributed by atoms with Gasteiger partial charge < -0.3 is 10.6 Å². The lowest BCUT2D eigenvalue weighted by Gasteiger charge is -2.21. The van der Waals surface area contributed by atoms with Gasteiger partial charge in [-0.25, -0.2) is 4.39 Å². The number of carbonyl (C=O) groups excluding carboxylic acids is 1. The van der Waals surface area contributed by atoms with E-state index >= 15 is 0 Å². The van der Waals surface area contributed by atoms with E-state index in [4.69, 9.17) is 11.6 Å². The summed E-state index contributed by atoms with van der Waals surface area (Å²) in [5, 5.41) is 6.80. The predicted octanol–water partition coefficient (Wildman–Crippen LogP) is 3.05. The fourth-order valence-corrected chi connectivity index (χ4v) is 3.16. The van der Waals surface area contributed by atoms with E-state index in [0.29, 0.717) is 18.1 Å². The summed E-state index contributed by atoms with van der Waals surface area (Å²) < 4.78 is 13.3. The summed E-state index contributed by atoms with van der Waals surface area (Å²) in [6.07, 6.45) is 1.60. The maximum Gasteiger partial charge on any atom is 0.225 e. The van der Waals surface area contributed by atoms with Gasteiger partial charge in [0.25, 0.3) is 0 Å². The van der Waals surface area contributed by atoms with Gasteiger partial charge in [-0.3, -0.25) is 9.78 Å². The summed E-state index contributed by atoms with van der Waals surface area (Å²) in [6, 6.07) is 9.66. The molecule has 24 heavy (non-hydrogen) atoms. The molecule has 1 aliphatic rings. The highest BCUT2D eigenvalue weighted by molar-refractivity contribution is 6.30. The van der Waals surface area contributed by atoms with Crippen LogP contribution in [0, 0.1) is 11.7 Å². The lowest BCUT2D eigenvalue weighted by Crippen LogP contribution is -2.36. The molecular formula is C18H19ClFN3O. The van der Waals surface area contributed by atoms with E-state index in [1.54, 1.807) is 24.4 Å². The van der Waals surface area contributed by atoms with Crippen LogP contribution in [-0.2, 0) is 4.79 Å². The van der Waals surface area contributed by atoms with Gasteiger partial charge in [0.15, 0.2) is 0 Å². The second-order valence-electron chi connectivity index (χ2n) is 6.06. The number of hydrogen-bond acceptors (Lipinski definition) is 3. The maximum atomic E-state index is 13.3. The van der Waals surface area contributed by atoms with Crippen LogP contribution in [0.5, 0.6) is 0 Å². The molecule has 0 bridgehead atoms. The van der Waals surface area contributed by atoms with Gasteiger partial charge in [0.2, 0.25) is 5.91 Å². The van der Waals surface area contributed by atoms with Crippen LogP contribution in [0.2, 0.25) is 5.02 Å². The first kappa shape index (κ1) is 16.9. The second kappa shape index (κ2) is 7.28. The lowest BCUT2D eigenvalue weighted by atomic mass is 9.91. The summed E-state index contributed by atoms with van der Waals surface area (Å²) in [6.45, 7) is 3.14. The topological polar surface area (TPSA) is 54.0 Å². The standard InChI is InChI=1S/C18H19ClFN3O/c1-11(12-3-2-4-14(20)7-12)23-18(24)16-10-21-9-15(16)17-6-5-13(19)8-22-17/h2-8,11,15-16,21H,9-10H2,1H3,(H,23,24)/t11-,15+,16+/m0/s1. The lowest BCUT2D eigenvalue weighted by molar-refractivity contribution is -0.125. The first-order valence-corrected chi connectivity index (χ1v) is 8.30. The molecule has 1 amide bonds. The summed E-state index contributed by atoms with van der Waals surface area (Å²) >= 11 is 5.88. The Balaban J connectivity index is 1.70. The average molecular weight is 348 g/mol. The van der Waals surface area contributed by atoms with Crippen LogP contribution in [0.4, 0.5) is 4.39 Å². The van der Waals surface area contributed by atoms with Gasteiger partial charge >= 0.3 is 0 Å². The van der Waals surface area contributed by atoms with Gasteiger partial charge in [0.1, 0.15) is 5.82 Å². The van der Waals surface area contributed by atoms with Crippen molar-refractivity contribution in [2.75, 3.05) is 13.1 Å². The van der Waals surface area contributed by atoms with Gasteiger partial charge in [0.05, 0.1) is 17.0 Å². The number of carbonyl (C=O) groups is 1. The number of amides is 1. The zero-order valence-electron chi connectivity index (χ0n) is 13.3. The van der Waals surface area contributed by atoms with E-state index in [1.165, 1.54) is 12.1 Å². The van der Waals surface area contributed by atoms with E-state index < -0.39 is 0 Å². The molecule has 1 fully saturated rings. The highest BCUT2D eigenvalue weighted by Crippen LogP contribution is 2.28. The van der Waals surface area contributed by atoms with Crippen molar-refractivity contribution in [1.29, 1.82) is 0 Å². The number of hydrogen-bond donors (Lipinski definition) is 2. The molecule has 0 aliphatic carbocycles. The highest BCUT2D eigenvalue weighted by Gasteiger charge is 2.35. The first-order valence-electron chi connectivity index (χ1n) is 7.92. The number of benzene rings is 1. The van der Waals surface area contributed by atoms with Crippen LogP contribution in [0.25, 0.3) is 0 Å². The third kappa shape index (κ3) is 3.74. The van der Waals surface area contributed by atoms with E-state index in [1.807, 2.05) is 13.0 Å². The number of nitrogens with one attached hydrogen (secondary N) is 2. The number of aromatic nitrogens is 1. The Morgan fingerprint density at radius 1 is 1.38 bits per heavy atom. The molecule has 1 aromatic heterocycles. The SMILES string of the molecule is C[C@H](NC(=O)[C@@H]1CNC[C@H]1c1ccc(Cl)cn1)c1cccc(F)c1. The molecule has 126 valence electrons. The Labute approximate surface area is 145 Å². The normalized spacial score (nSPS) is 21.5. The predicted molar refractivity (Wildman–Crippen MR) is 91.3 cm³/mol. The molecule has 0 radical (unpaired) electrons. The smallest absolute Gasteiger partial charge is 0.225 e. The average Bonchev–Trinajstić information content (AvgIpc) is 3.05. The molecule has 1 aromatic carbocycles. The number of rotatable bonds is 4. The summed E-state index contributed by atoms with van der Waals surface area (Å²) in [5.41, 5.74) is 1.60. The van der Waals surface area contributed by atoms with Crippen molar-refractivity contribution in [2.45, 2.75) is 18.9 Å². The molecule has 6 heteroatoms. The zero-order chi connectivity index (χ0) is 17.1. The molecule has 2 aromatic rings. The van der Waals surface area contributed by atoms with Crippen LogP contribution in [-0.4, -0.2) is 24.0 Å². The van der Waals surface area contributed by atoms with Crippen molar-refractivity contribution < 1.29 is 9.18 Å². The van der Waals surface area contributed by atoms with Crippen LogP contribution >= 0.6 is 11.6 Å². The monoisotopic (exact) mass is 347 g/mol. The summed E-state index contributed by atoms with van der Waals surface area (Å²) in [5.74, 6) is -0.574. The Morgan fingerprint density at radius 3 is 2.92 bits per heavy atom. The molecular weight excluding hydrogens is 329 g/mol. The van der Waals surface area contributed by atoms with Crippen LogP contribution in [0.1, 0.15) is 30.1 Å². The third-order valence-electron chi connectivity index (χ3n) is 4.39. The quantitative estimate of drug-likeness (QED) is 0.893. The van der Waals surface area contributed by atoms with Crippen molar-refractivity contribution in [1.82, 2.24) is 15.6 Å². The number of halogens is 2. The largest absolute Gasteiger partial charge is 0.349 e. The molecule has 3 rings (SSSR count). The van der Waals surface area contributed by atoms with Crippen LogP contribution < -0.4 is 10.6 Å². The second-order valence-corrected chi connectivity index (χ2v) is 6.49. The minimum absolute atomic E-state index is 0.00183. The van der Waals surface area contributed by atoms with Crippen molar-refractivity contribution in [3.63, 3.8) is 0 Å². The minimum atomic E-state index is -0.306. The van der Waals surface area contributed by atoms with Gasteiger partial charge in [-0.05, 0) is 36.8 Å². The van der Waals surface area contributed by atoms with Crippen LogP contribution in [0.3, 0.4) is 0 Å². The fraction of sp³-hybridized carbons (Fsp3) is 0.333. The Bertz CT molecular complexity index is 722. The minimum Gasteiger partial charge on any atom is -0.349 e. The van der Waals surface area contributed by atoms with E-state index in [9.17, 15) is 9.18 Å². The summed E-state index contributed by atoms with van der Waals surface area (Å²) in [4.78, 5) is 17.0. The Kier molecular flexibility index (Phi) is 5.11. The maximum absolute atomic E-state index is 13.3. The zero-order valence-corrected chi connectivity index (χ0v) is 14.1. The van der Waals surface area contributed by atoms with E-state index in [2.05, 4.69) is 15.6 Å². The van der Waals surface area contributed by atoms with E-state index in [0.717, 1.165) is 11.3 Å². The number of nitrogens with zero attached hydrogens (tertiary/aromatic N) is 1. The molecule has 1 aliphatic heterocycles. The van der Waals surface area contributed by atoms with Crippen molar-refractivity contribution in [3.8, 4) is 0 Å². The van der Waals surface area contributed by atoms with Gasteiger partial charge in [-0.1, -0.05) is 23.7 Å². The van der Waals surface area contributed by atoms with Crippen molar-refractivity contribution >= 4 is 17.5 Å². The molecule has 4 nitrogen and oxygen atoms in total.